The Hall–Kier alpha value is -0.580. The summed E-state index contributed by atoms with van der Waals surface area (Å²) in [5.74, 6) is 0. The van der Waals surface area contributed by atoms with Crippen molar-refractivity contribution in [2.75, 3.05) is 6.61 Å². The number of hydrogen-bond donors (Lipinski definition) is 6. The van der Waals surface area contributed by atoms with Crippen LogP contribution in [0, 0.1) is 0 Å². The number of rotatable bonds is 3. The average molecular weight is 292 g/mol. The molecule has 0 spiro atoms. The number of ether oxygens (including phenoxy) is 2. The highest BCUT2D eigenvalue weighted by Crippen LogP contribution is 2.25. The van der Waals surface area contributed by atoms with E-state index in [-0.39, 0.29) is 6.42 Å². The lowest BCUT2D eigenvalue weighted by Crippen LogP contribution is -2.60. The highest BCUT2D eigenvalue weighted by molar-refractivity contribution is 5.04. The molecule has 1 aliphatic carbocycles. The SMILES string of the molecule is OC[C@H]1O[C@@H](O[C@@H]2C=C[C@@H](O)C[C@@H]2O)[C@H](O)[C@@H](O)[C@@H]1O. The minimum atomic E-state index is -1.53. The van der Waals surface area contributed by atoms with Crippen molar-refractivity contribution in [3.63, 3.8) is 0 Å². The normalized spacial score (nSPS) is 49.3. The lowest BCUT2D eigenvalue weighted by Gasteiger charge is -2.41. The zero-order valence-electron chi connectivity index (χ0n) is 10.7. The van der Waals surface area contributed by atoms with E-state index in [1.807, 2.05) is 0 Å². The quantitative estimate of drug-likeness (QED) is 0.300. The minimum absolute atomic E-state index is 0.0819. The number of aliphatic hydroxyl groups excluding tert-OH is 6. The molecule has 6 N–H and O–H groups in total. The molecule has 8 heteroatoms. The molecule has 8 atom stereocenters. The van der Waals surface area contributed by atoms with Crippen molar-refractivity contribution in [2.24, 2.45) is 0 Å². The fraction of sp³-hybridized carbons (Fsp3) is 0.833. The molecule has 8 nitrogen and oxygen atoms in total. The Bertz CT molecular complexity index is 346. The summed E-state index contributed by atoms with van der Waals surface area (Å²) in [4.78, 5) is 0. The van der Waals surface area contributed by atoms with Gasteiger partial charge in [-0.15, -0.1) is 0 Å². The van der Waals surface area contributed by atoms with Crippen LogP contribution in [0.2, 0.25) is 0 Å². The zero-order valence-corrected chi connectivity index (χ0v) is 10.7. The maximum atomic E-state index is 9.79. The van der Waals surface area contributed by atoms with Crippen molar-refractivity contribution >= 4 is 0 Å². The van der Waals surface area contributed by atoms with Crippen LogP contribution in [-0.4, -0.2) is 86.3 Å². The van der Waals surface area contributed by atoms with Crippen LogP contribution in [0.5, 0.6) is 0 Å². The van der Waals surface area contributed by atoms with Gasteiger partial charge in [0.1, 0.15) is 30.5 Å². The van der Waals surface area contributed by atoms with E-state index in [0.29, 0.717) is 0 Å². The van der Waals surface area contributed by atoms with Gasteiger partial charge in [0.2, 0.25) is 0 Å². The first-order chi connectivity index (χ1) is 9.43. The third-order valence-corrected chi connectivity index (χ3v) is 3.52. The second kappa shape index (κ2) is 6.46. The van der Waals surface area contributed by atoms with Gasteiger partial charge in [0.25, 0.3) is 0 Å². The number of hydrogen-bond acceptors (Lipinski definition) is 8. The number of aliphatic hydroxyl groups is 6. The van der Waals surface area contributed by atoms with Gasteiger partial charge in [0.05, 0.1) is 18.8 Å². The van der Waals surface area contributed by atoms with Crippen molar-refractivity contribution < 1.29 is 40.1 Å². The van der Waals surface area contributed by atoms with Crippen molar-refractivity contribution in [3.8, 4) is 0 Å². The third-order valence-electron chi connectivity index (χ3n) is 3.52. The van der Waals surface area contributed by atoms with Crippen LogP contribution >= 0.6 is 0 Å². The Kier molecular flexibility index (Phi) is 5.10. The zero-order chi connectivity index (χ0) is 14.9. The van der Waals surface area contributed by atoms with Crippen LogP contribution in [0.3, 0.4) is 0 Å². The van der Waals surface area contributed by atoms with Gasteiger partial charge in [0.15, 0.2) is 6.29 Å². The van der Waals surface area contributed by atoms with Crippen LogP contribution < -0.4 is 0 Å². The van der Waals surface area contributed by atoms with Gasteiger partial charge >= 0.3 is 0 Å². The second-order valence-electron chi connectivity index (χ2n) is 5.05. The van der Waals surface area contributed by atoms with E-state index < -0.39 is 55.6 Å². The Morgan fingerprint density at radius 2 is 1.70 bits per heavy atom. The molecule has 0 aromatic rings. The average Bonchev–Trinajstić information content (AvgIpc) is 2.42. The van der Waals surface area contributed by atoms with E-state index in [9.17, 15) is 25.5 Å². The lowest BCUT2D eigenvalue weighted by molar-refractivity contribution is -0.313. The van der Waals surface area contributed by atoms with E-state index in [0.717, 1.165) is 0 Å². The molecule has 2 rings (SSSR count). The van der Waals surface area contributed by atoms with Crippen LogP contribution in [0.4, 0.5) is 0 Å². The van der Waals surface area contributed by atoms with E-state index in [1.165, 1.54) is 12.2 Å². The Morgan fingerprint density at radius 1 is 1.00 bits per heavy atom. The summed E-state index contributed by atoms with van der Waals surface area (Å²) < 4.78 is 10.5. The van der Waals surface area contributed by atoms with Gasteiger partial charge < -0.3 is 40.1 Å². The predicted octanol–water partition coefficient (Wildman–Crippen LogP) is -3.15. The summed E-state index contributed by atoms with van der Waals surface area (Å²) in [6.45, 7) is -0.549. The fourth-order valence-corrected chi connectivity index (χ4v) is 2.30. The van der Waals surface area contributed by atoms with Crippen LogP contribution in [0.25, 0.3) is 0 Å². The van der Waals surface area contributed by atoms with E-state index in [1.54, 1.807) is 0 Å². The molecule has 2 aliphatic rings. The van der Waals surface area contributed by atoms with Crippen LogP contribution in [-0.2, 0) is 9.47 Å². The Labute approximate surface area is 115 Å². The molecule has 0 saturated carbocycles. The van der Waals surface area contributed by atoms with Gasteiger partial charge in [-0.1, -0.05) is 12.2 Å². The molecule has 1 heterocycles. The van der Waals surface area contributed by atoms with Crippen molar-refractivity contribution in [2.45, 2.75) is 55.4 Å². The molecule has 1 saturated heterocycles. The molecule has 116 valence electrons. The molecule has 0 amide bonds. The summed E-state index contributed by atoms with van der Waals surface area (Å²) in [6, 6.07) is 0. The fourth-order valence-electron chi connectivity index (χ4n) is 2.30. The molecule has 0 radical (unpaired) electrons. The summed E-state index contributed by atoms with van der Waals surface area (Å²) in [5.41, 5.74) is 0. The lowest BCUT2D eigenvalue weighted by atomic mass is 9.97. The highest BCUT2D eigenvalue weighted by atomic mass is 16.7. The monoisotopic (exact) mass is 292 g/mol. The first-order valence-corrected chi connectivity index (χ1v) is 6.44. The molecule has 0 bridgehead atoms. The third kappa shape index (κ3) is 3.18. The van der Waals surface area contributed by atoms with Crippen molar-refractivity contribution in [3.05, 3.63) is 12.2 Å². The molecule has 1 fully saturated rings. The summed E-state index contributed by atoms with van der Waals surface area (Å²) in [7, 11) is 0. The highest BCUT2D eigenvalue weighted by Gasteiger charge is 2.45. The van der Waals surface area contributed by atoms with Gasteiger partial charge in [-0.3, -0.25) is 0 Å². The van der Waals surface area contributed by atoms with E-state index in [4.69, 9.17) is 14.6 Å². The molecular formula is C12H20O8. The molecule has 1 aliphatic heterocycles. The van der Waals surface area contributed by atoms with Crippen LogP contribution in [0.15, 0.2) is 12.2 Å². The maximum Gasteiger partial charge on any atom is 0.187 e. The van der Waals surface area contributed by atoms with E-state index in [2.05, 4.69) is 0 Å². The van der Waals surface area contributed by atoms with Crippen molar-refractivity contribution in [1.29, 1.82) is 0 Å². The minimum Gasteiger partial charge on any atom is -0.394 e. The Balaban J connectivity index is 2.02. The first kappa shape index (κ1) is 15.8. The second-order valence-corrected chi connectivity index (χ2v) is 5.05. The maximum absolute atomic E-state index is 9.79. The van der Waals surface area contributed by atoms with Gasteiger partial charge in [-0.2, -0.15) is 0 Å². The molecular weight excluding hydrogens is 272 g/mol. The smallest absolute Gasteiger partial charge is 0.187 e. The summed E-state index contributed by atoms with van der Waals surface area (Å²) >= 11 is 0. The predicted molar refractivity (Wildman–Crippen MR) is 64.4 cm³/mol. The molecule has 20 heavy (non-hydrogen) atoms. The topological polar surface area (TPSA) is 140 Å². The largest absolute Gasteiger partial charge is 0.394 e. The summed E-state index contributed by atoms with van der Waals surface area (Å²) in [5, 5.41) is 57.2. The standard InChI is InChI=1S/C12H20O8/c13-4-8-9(16)10(17)11(18)12(20-8)19-7-2-1-5(14)3-6(7)15/h1-2,5-18H,3-4H2/t5-,6+,7-,8-,9-,10+,11-,12-/m1/s1. The molecule has 0 aromatic heterocycles. The first-order valence-electron chi connectivity index (χ1n) is 6.44. The van der Waals surface area contributed by atoms with E-state index >= 15 is 0 Å². The van der Waals surface area contributed by atoms with Gasteiger partial charge in [0, 0.05) is 6.42 Å². The van der Waals surface area contributed by atoms with Gasteiger partial charge in [-0.05, 0) is 0 Å². The van der Waals surface area contributed by atoms with Crippen molar-refractivity contribution in [1.82, 2.24) is 0 Å². The van der Waals surface area contributed by atoms with Gasteiger partial charge in [-0.25, -0.2) is 0 Å². The summed E-state index contributed by atoms with van der Waals surface area (Å²) in [6.07, 6.45) is -6.47. The Morgan fingerprint density at radius 3 is 2.30 bits per heavy atom. The molecule has 0 unspecified atom stereocenters. The molecule has 0 aromatic carbocycles. The van der Waals surface area contributed by atoms with Crippen LogP contribution in [0.1, 0.15) is 6.42 Å².